The third kappa shape index (κ3) is 4.25. The largest absolute Gasteiger partial charge is 0.508 e. The van der Waals surface area contributed by atoms with Gasteiger partial charge in [0.15, 0.2) is 0 Å². The van der Waals surface area contributed by atoms with E-state index in [0.717, 1.165) is 58.7 Å². The van der Waals surface area contributed by atoms with E-state index in [1.54, 1.807) is 18.2 Å². The molecule has 35 heavy (non-hydrogen) atoms. The SMILES string of the molecule is Cc1c(-c2ccc(O)cc2)n(Cc2ccc(OCCN3[C@@H]4CCCC[C@@H]43)cc2)c2ccc(O)cc12. The summed E-state index contributed by atoms with van der Waals surface area (Å²) in [7, 11) is 0. The third-order valence-corrected chi connectivity index (χ3v) is 7.78. The Morgan fingerprint density at radius 2 is 1.54 bits per heavy atom. The van der Waals surface area contributed by atoms with Gasteiger partial charge < -0.3 is 19.5 Å². The molecule has 1 aliphatic carbocycles. The number of hydrogen-bond donors (Lipinski definition) is 2. The molecule has 2 heterocycles. The van der Waals surface area contributed by atoms with Gasteiger partial charge in [-0.2, -0.15) is 0 Å². The van der Waals surface area contributed by atoms with E-state index >= 15 is 0 Å². The number of benzene rings is 3. The molecule has 1 unspecified atom stereocenters. The summed E-state index contributed by atoms with van der Waals surface area (Å²) in [4.78, 5) is 2.60. The fourth-order valence-corrected chi connectivity index (χ4v) is 5.96. The van der Waals surface area contributed by atoms with Crippen LogP contribution in [-0.4, -0.2) is 44.9 Å². The van der Waals surface area contributed by atoms with Crippen LogP contribution in [0.2, 0.25) is 0 Å². The van der Waals surface area contributed by atoms with E-state index in [1.807, 2.05) is 24.3 Å². The number of aromatic hydroxyl groups is 2. The fourth-order valence-electron chi connectivity index (χ4n) is 5.96. The van der Waals surface area contributed by atoms with Crippen molar-refractivity contribution in [2.24, 2.45) is 0 Å². The zero-order valence-corrected chi connectivity index (χ0v) is 20.2. The number of rotatable bonds is 7. The van der Waals surface area contributed by atoms with E-state index in [1.165, 1.54) is 31.2 Å². The maximum atomic E-state index is 10.1. The van der Waals surface area contributed by atoms with Gasteiger partial charge in [0, 0.05) is 36.1 Å². The van der Waals surface area contributed by atoms with Crippen LogP contribution in [-0.2, 0) is 6.54 Å². The van der Waals surface area contributed by atoms with Crippen molar-refractivity contribution in [3.05, 3.63) is 77.9 Å². The highest BCUT2D eigenvalue weighted by molar-refractivity contribution is 5.92. The lowest BCUT2D eigenvalue weighted by Crippen LogP contribution is -2.13. The van der Waals surface area contributed by atoms with Crippen LogP contribution in [0.25, 0.3) is 22.2 Å². The molecule has 0 radical (unpaired) electrons. The van der Waals surface area contributed by atoms with Gasteiger partial charge in [0.05, 0.1) is 5.69 Å². The van der Waals surface area contributed by atoms with Crippen LogP contribution >= 0.6 is 0 Å². The van der Waals surface area contributed by atoms with Crippen LogP contribution in [0.15, 0.2) is 66.7 Å². The minimum absolute atomic E-state index is 0.250. The van der Waals surface area contributed by atoms with Crippen LogP contribution in [0.3, 0.4) is 0 Å². The zero-order chi connectivity index (χ0) is 23.9. The summed E-state index contributed by atoms with van der Waals surface area (Å²) < 4.78 is 8.35. The molecule has 3 atom stereocenters. The molecule has 5 nitrogen and oxygen atoms in total. The first-order chi connectivity index (χ1) is 17.1. The van der Waals surface area contributed by atoms with Crippen LogP contribution in [0.5, 0.6) is 17.2 Å². The summed E-state index contributed by atoms with van der Waals surface area (Å²) in [5.74, 6) is 1.42. The number of fused-ring (bicyclic) bond motifs is 2. The Hall–Kier alpha value is -3.44. The summed E-state index contributed by atoms with van der Waals surface area (Å²) in [6, 6.07) is 22.9. The van der Waals surface area contributed by atoms with E-state index in [-0.39, 0.29) is 11.5 Å². The monoisotopic (exact) mass is 468 g/mol. The second kappa shape index (κ2) is 8.97. The van der Waals surface area contributed by atoms with Crippen molar-refractivity contribution < 1.29 is 14.9 Å². The predicted molar refractivity (Wildman–Crippen MR) is 139 cm³/mol. The van der Waals surface area contributed by atoms with Gasteiger partial charge in [0.25, 0.3) is 0 Å². The van der Waals surface area contributed by atoms with Gasteiger partial charge in [-0.1, -0.05) is 25.0 Å². The van der Waals surface area contributed by atoms with Crippen molar-refractivity contribution >= 4 is 10.9 Å². The average Bonchev–Trinajstić information content (AvgIpc) is 3.51. The van der Waals surface area contributed by atoms with Crippen LogP contribution in [0, 0.1) is 6.92 Å². The first-order valence-corrected chi connectivity index (χ1v) is 12.7. The quantitative estimate of drug-likeness (QED) is 0.323. The molecule has 6 rings (SSSR count). The minimum Gasteiger partial charge on any atom is -0.508 e. The van der Waals surface area contributed by atoms with Crippen LogP contribution < -0.4 is 4.74 Å². The van der Waals surface area contributed by atoms with Gasteiger partial charge in [0.2, 0.25) is 0 Å². The van der Waals surface area contributed by atoms with Gasteiger partial charge in [-0.05, 0) is 91.1 Å². The molecule has 180 valence electrons. The summed E-state index contributed by atoms with van der Waals surface area (Å²) in [6.07, 6.45) is 5.48. The Morgan fingerprint density at radius 3 is 2.26 bits per heavy atom. The van der Waals surface area contributed by atoms with Gasteiger partial charge in [-0.25, -0.2) is 0 Å². The topological polar surface area (TPSA) is 57.6 Å². The lowest BCUT2D eigenvalue weighted by Gasteiger charge is -2.13. The van der Waals surface area contributed by atoms with E-state index in [0.29, 0.717) is 6.54 Å². The molecule has 4 aromatic rings. The Kier molecular flexibility index (Phi) is 5.65. The van der Waals surface area contributed by atoms with E-state index in [9.17, 15) is 10.2 Å². The molecular weight excluding hydrogens is 436 g/mol. The molecule has 5 heteroatoms. The van der Waals surface area contributed by atoms with Gasteiger partial charge in [-0.15, -0.1) is 0 Å². The summed E-state index contributed by atoms with van der Waals surface area (Å²) >= 11 is 0. The number of ether oxygens (including phenoxy) is 1. The predicted octanol–water partition coefficient (Wildman–Crippen LogP) is 6.08. The number of hydrogen-bond acceptors (Lipinski definition) is 4. The summed E-state index contributed by atoms with van der Waals surface area (Å²) in [5.41, 5.74) is 5.48. The normalized spacial score (nSPS) is 21.1. The van der Waals surface area contributed by atoms with E-state index < -0.39 is 0 Å². The molecule has 1 saturated carbocycles. The van der Waals surface area contributed by atoms with Crippen molar-refractivity contribution in [1.29, 1.82) is 0 Å². The van der Waals surface area contributed by atoms with Gasteiger partial charge >= 0.3 is 0 Å². The van der Waals surface area contributed by atoms with Crippen molar-refractivity contribution in [2.45, 2.75) is 51.2 Å². The Morgan fingerprint density at radius 1 is 0.857 bits per heavy atom. The lowest BCUT2D eigenvalue weighted by molar-refractivity contribution is 0.280. The summed E-state index contributed by atoms with van der Waals surface area (Å²) in [5, 5.41) is 20.9. The molecule has 1 saturated heterocycles. The molecule has 1 aliphatic heterocycles. The molecule has 2 fully saturated rings. The molecule has 1 aromatic heterocycles. The third-order valence-electron chi connectivity index (χ3n) is 7.78. The summed E-state index contributed by atoms with van der Waals surface area (Å²) in [6.45, 7) is 4.54. The average molecular weight is 469 g/mol. The van der Waals surface area contributed by atoms with Gasteiger partial charge in [-0.3, -0.25) is 4.90 Å². The zero-order valence-electron chi connectivity index (χ0n) is 20.2. The molecule has 0 bridgehead atoms. The fraction of sp³-hybridized carbons (Fsp3) is 0.333. The molecule has 3 aromatic carbocycles. The van der Waals surface area contributed by atoms with Crippen molar-refractivity contribution in [1.82, 2.24) is 9.47 Å². The molecule has 2 aliphatic rings. The highest BCUT2D eigenvalue weighted by atomic mass is 16.5. The van der Waals surface area contributed by atoms with Gasteiger partial charge in [0.1, 0.15) is 23.9 Å². The smallest absolute Gasteiger partial charge is 0.119 e. The number of aromatic nitrogens is 1. The molecule has 0 amide bonds. The second-order valence-corrected chi connectivity index (χ2v) is 9.96. The van der Waals surface area contributed by atoms with E-state index in [2.05, 4.69) is 40.7 Å². The molecule has 2 N–H and O–H groups in total. The maximum Gasteiger partial charge on any atom is 0.119 e. The first-order valence-electron chi connectivity index (χ1n) is 12.7. The second-order valence-electron chi connectivity index (χ2n) is 9.96. The van der Waals surface area contributed by atoms with Crippen molar-refractivity contribution in [3.8, 4) is 28.5 Å². The van der Waals surface area contributed by atoms with Crippen LogP contribution in [0.4, 0.5) is 0 Å². The number of nitrogens with zero attached hydrogens (tertiary/aromatic N) is 2. The number of aryl methyl sites for hydroxylation is 1. The number of phenols is 2. The molecular formula is C30H32N2O3. The number of likely N-dealkylation sites (tertiary alicyclic amines) is 1. The minimum atomic E-state index is 0.250. The van der Waals surface area contributed by atoms with E-state index in [4.69, 9.17) is 4.74 Å². The van der Waals surface area contributed by atoms with Crippen molar-refractivity contribution in [2.75, 3.05) is 13.2 Å². The Balaban J connectivity index is 1.21. The van der Waals surface area contributed by atoms with Crippen molar-refractivity contribution in [3.63, 3.8) is 0 Å². The van der Waals surface area contributed by atoms with Crippen LogP contribution in [0.1, 0.15) is 36.8 Å². The standard InChI is InChI=1S/C30H32N2O3/c1-20-26-18-24(34)12-15-27(26)32(30(20)22-8-10-23(33)11-9-22)19-21-6-13-25(14-7-21)35-17-16-31-28-4-2-3-5-29(28)31/h6-15,18,28-29,33-34H,2-5,16-17,19H2,1H3/t28-,29+,31?. The lowest BCUT2D eigenvalue weighted by atomic mass is 10.0. The number of phenolic OH excluding ortho intramolecular Hbond substituents is 2. The molecule has 0 spiro atoms. The first kappa shape index (κ1) is 22.1. The Labute approximate surface area is 206 Å². The highest BCUT2D eigenvalue weighted by Gasteiger charge is 2.47. The maximum absolute atomic E-state index is 10.1. The Bertz CT molecular complexity index is 1330. The highest BCUT2D eigenvalue weighted by Crippen LogP contribution is 2.40.